The van der Waals surface area contributed by atoms with Crippen LogP contribution in [0.5, 0.6) is 5.75 Å². The minimum absolute atomic E-state index is 0.592. The molecule has 0 fully saturated rings. The van der Waals surface area contributed by atoms with Gasteiger partial charge in [-0.05, 0) is 17.5 Å². The van der Waals surface area contributed by atoms with E-state index in [4.69, 9.17) is 4.74 Å². The lowest BCUT2D eigenvalue weighted by Gasteiger charge is -2.14. The molecule has 0 saturated carbocycles. The van der Waals surface area contributed by atoms with E-state index >= 15 is 0 Å². The Balaban J connectivity index is 2.21. The summed E-state index contributed by atoms with van der Waals surface area (Å²) in [5.74, 6) is 1.57. The van der Waals surface area contributed by atoms with E-state index in [-0.39, 0.29) is 0 Å². The first-order valence-electron chi connectivity index (χ1n) is 6.58. The molecule has 0 aliphatic heterocycles. The molecule has 2 aromatic carbocycles. The zero-order chi connectivity index (χ0) is 12.8. The van der Waals surface area contributed by atoms with Crippen molar-refractivity contribution >= 4 is 0 Å². The van der Waals surface area contributed by atoms with E-state index in [1.165, 1.54) is 11.1 Å². The Morgan fingerprint density at radius 2 is 1.61 bits per heavy atom. The summed E-state index contributed by atoms with van der Waals surface area (Å²) in [6.45, 7) is 5.18. The predicted octanol–water partition coefficient (Wildman–Crippen LogP) is 4.78. The molecule has 0 bridgehead atoms. The molecule has 0 saturated heterocycles. The SMILES string of the molecule is CC[C@H](C)COc1ccccc1-c1ccccc1. The molecule has 0 radical (unpaired) electrons. The third kappa shape index (κ3) is 3.13. The van der Waals surface area contributed by atoms with Crippen molar-refractivity contribution in [3.63, 3.8) is 0 Å². The normalized spacial score (nSPS) is 12.1. The fourth-order valence-corrected chi connectivity index (χ4v) is 1.80. The van der Waals surface area contributed by atoms with Gasteiger partial charge in [0.2, 0.25) is 0 Å². The second kappa shape index (κ2) is 6.25. The molecule has 2 aromatic rings. The summed E-state index contributed by atoms with van der Waals surface area (Å²) in [5, 5.41) is 0. The van der Waals surface area contributed by atoms with Crippen LogP contribution < -0.4 is 4.74 Å². The van der Waals surface area contributed by atoms with Crippen LogP contribution in [0.3, 0.4) is 0 Å². The van der Waals surface area contributed by atoms with E-state index in [1.807, 2.05) is 18.2 Å². The Bertz CT molecular complexity index is 476. The van der Waals surface area contributed by atoms with Gasteiger partial charge in [-0.1, -0.05) is 68.8 Å². The summed E-state index contributed by atoms with van der Waals surface area (Å²) < 4.78 is 5.94. The lowest BCUT2D eigenvalue weighted by Crippen LogP contribution is -2.07. The van der Waals surface area contributed by atoms with Gasteiger partial charge in [0.25, 0.3) is 0 Å². The molecule has 1 nitrogen and oxygen atoms in total. The molecule has 0 spiro atoms. The molecule has 0 aliphatic rings. The minimum Gasteiger partial charge on any atom is -0.493 e. The summed E-state index contributed by atoms with van der Waals surface area (Å²) >= 11 is 0. The number of benzene rings is 2. The van der Waals surface area contributed by atoms with E-state index in [2.05, 4.69) is 50.2 Å². The van der Waals surface area contributed by atoms with Crippen LogP contribution in [0.25, 0.3) is 11.1 Å². The number of hydrogen-bond acceptors (Lipinski definition) is 1. The first kappa shape index (κ1) is 12.7. The van der Waals surface area contributed by atoms with Gasteiger partial charge in [0, 0.05) is 5.56 Å². The standard InChI is InChI=1S/C17H20O/c1-3-14(2)13-18-17-12-8-7-11-16(17)15-9-5-4-6-10-15/h4-12,14H,3,13H2,1-2H3/t14-/m0/s1. The Morgan fingerprint density at radius 1 is 0.944 bits per heavy atom. The lowest BCUT2D eigenvalue weighted by molar-refractivity contribution is 0.257. The van der Waals surface area contributed by atoms with Gasteiger partial charge in [-0.3, -0.25) is 0 Å². The van der Waals surface area contributed by atoms with Crippen molar-refractivity contribution in [2.45, 2.75) is 20.3 Å². The van der Waals surface area contributed by atoms with Gasteiger partial charge in [-0.25, -0.2) is 0 Å². The van der Waals surface area contributed by atoms with Crippen molar-refractivity contribution in [1.82, 2.24) is 0 Å². The Hall–Kier alpha value is -1.76. The van der Waals surface area contributed by atoms with Crippen LogP contribution >= 0.6 is 0 Å². The van der Waals surface area contributed by atoms with E-state index in [9.17, 15) is 0 Å². The van der Waals surface area contributed by atoms with E-state index in [0.717, 1.165) is 18.8 Å². The lowest BCUT2D eigenvalue weighted by atomic mass is 10.0. The Morgan fingerprint density at radius 3 is 2.33 bits per heavy atom. The maximum absolute atomic E-state index is 5.94. The van der Waals surface area contributed by atoms with Crippen LogP contribution in [0.2, 0.25) is 0 Å². The highest BCUT2D eigenvalue weighted by molar-refractivity contribution is 5.70. The van der Waals surface area contributed by atoms with Gasteiger partial charge < -0.3 is 4.74 Å². The van der Waals surface area contributed by atoms with Crippen LogP contribution in [0, 0.1) is 5.92 Å². The molecule has 0 amide bonds. The zero-order valence-corrected chi connectivity index (χ0v) is 11.1. The highest BCUT2D eigenvalue weighted by atomic mass is 16.5. The van der Waals surface area contributed by atoms with Gasteiger partial charge in [0.05, 0.1) is 6.61 Å². The number of hydrogen-bond donors (Lipinski definition) is 0. The van der Waals surface area contributed by atoms with Gasteiger partial charge >= 0.3 is 0 Å². The molecule has 0 aromatic heterocycles. The van der Waals surface area contributed by atoms with Crippen LogP contribution in [0.4, 0.5) is 0 Å². The first-order valence-corrected chi connectivity index (χ1v) is 6.58. The molecule has 1 heteroatoms. The van der Waals surface area contributed by atoms with Crippen molar-refractivity contribution in [2.75, 3.05) is 6.61 Å². The third-order valence-electron chi connectivity index (χ3n) is 3.19. The van der Waals surface area contributed by atoms with Gasteiger partial charge in [0.1, 0.15) is 5.75 Å². The van der Waals surface area contributed by atoms with Crippen LogP contribution in [0.1, 0.15) is 20.3 Å². The van der Waals surface area contributed by atoms with Crippen molar-refractivity contribution in [3.05, 3.63) is 54.6 Å². The smallest absolute Gasteiger partial charge is 0.127 e. The van der Waals surface area contributed by atoms with Crippen molar-refractivity contribution in [3.8, 4) is 16.9 Å². The van der Waals surface area contributed by atoms with E-state index in [0.29, 0.717) is 5.92 Å². The number of rotatable bonds is 5. The van der Waals surface area contributed by atoms with Crippen molar-refractivity contribution < 1.29 is 4.74 Å². The summed E-state index contributed by atoms with van der Waals surface area (Å²) in [7, 11) is 0. The first-order chi connectivity index (χ1) is 8.81. The summed E-state index contributed by atoms with van der Waals surface area (Å²) in [5.41, 5.74) is 2.37. The monoisotopic (exact) mass is 240 g/mol. The third-order valence-corrected chi connectivity index (χ3v) is 3.19. The van der Waals surface area contributed by atoms with Gasteiger partial charge in [0.15, 0.2) is 0 Å². The maximum atomic E-state index is 5.94. The summed E-state index contributed by atoms with van der Waals surface area (Å²) in [4.78, 5) is 0. The highest BCUT2D eigenvalue weighted by Gasteiger charge is 2.06. The molecule has 2 rings (SSSR count). The van der Waals surface area contributed by atoms with Crippen molar-refractivity contribution in [1.29, 1.82) is 0 Å². The summed E-state index contributed by atoms with van der Waals surface area (Å²) in [6.07, 6.45) is 1.15. The molecular formula is C17H20O. The van der Waals surface area contributed by atoms with Gasteiger partial charge in [-0.2, -0.15) is 0 Å². The van der Waals surface area contributed by atoms with Crippen LogP contribution in [-0.4, -0.2) is 6.61 Å². The van der Waals surface area contributed by atoms with Crippen molar-refractivity contribution in [2.24, 2.45) is 5.92 Å². The largest absolute Gasteiger partial charge is 0.493 e. The number of para-hydroxylation sites is 1. The van der Waals surface area contributed by atoms with Crippen LogP contribution in [-0.2, 0) is 0 Å². The predicted molar refractivity (Wildman–Crippen MR) is 76.8 cm³/mol. The number of ether oxygens (including phenoxy) is 1. The molecular weight excluding hydrogens is 220 g/mol. The Labute approximate surface area is 109 Å². The Kier molecular flexibility index (Phi) is 4.40. The maximum Gasteiger partial charge on any atom is 0.127 e. The summed E-state index contributed by atoms with van der Waals surface area (Å²) in [6, 6.07) is 18.6. The minimum atomic E-state index is 0.592. The fourth-order valence-electron chi connectivity index (χ4n) is 1.80. The molecule has 1 atom stereocenters. The second-order valence-electron chi connectivity index (χ2n) is 4.69. The topological polar surface area (TPSA) is 9.23 Å². The molecule has 0 N–H and O–H groups in total. The fraction of sp³-hybridized carbons (Fsp3) is 0.294. The second-order valence-corrected chi connectivity index (χ2v) is 4.69. The molecule has 94 valence electrons. The van der Waals surface area contributed by atoms with Crippen LogP contribution in [0.15, 0.2) is 54.6 Å². The molecule has 0 aliphatic carbocycles. The quantitative estimate of drug-likeness (QED) is 0.731. The molecule has 0 heterocycles. The van der Waals surface area contributed by atoms with Gasteiger partial charge in [-0.15, -0.1) is 0 Å². The zero-order valence-electron chi connectivity index (χ0n) is 11.1. The average Bonchev–Trinajstić information content (AvgIpc) is 2.46. The average molecular weight is 240 g/mol. The highest BCUT2D eigenvalue weighted by Crippen LogP contribution is 2.29. The van der Waals surface area contributed by atoms with E-state index in [1.54, 1.807) is 0 Å². The molecule has 18 heavy (non-hydrogen) atoms. The van der Waals surface area contributed by atoms with E-state index < -0.39 is 0 Å². The molecule has 0 unspecified atom stereocenters.